The van der Waals surface area contributed by atoms with E-state index < -0.39 is 58.4 Å². The lowest BCUT2D eigenvalue weighted by molar-refractivity contribution is -0.147. The summed E-state index contributed by atoms with van der Waals surface area (Å²) in [6.07, 6.45) is 5.17. The average molecular weight is 837 g/mol. The van der Waals surface area contributed by atoms with Gasteiger partial charge >= 0.3 is 12.2 Å². The highest BCUT2D eigenvalue weighted by Gasteiger charge is 2.50. The van der Waals surface area contributed by atoms with Gasteiger partial charge in [-0.3, -0.25) is 24.2 Å². The van der Waals surface area contributed by atoms with Crippen molar-refractivity contribution in [2.45, 2.75) is 149 Å². The molecule has 2 aromatic rings. The van der Waals surface area contributed by atoms with Gasteiger partial charge in [-0.1, -0.05) is 73.3 Å². The van der Waals surface area contributed by atoms with Crippen molar-refractivity contribution in [3.8, 4) is 0 Å². The third kappa shape index (κ3) is 12.1. The maximum atomic E-state index is 14.8. The molecule has 5 rings (SSSR count). The first-order valence-corrected chi connectivity index (χ1v) is 21.6. The van der Waals surface area contributed by atoms with E-state index in [4.69, 9.17) is 21.1 Å². The Labute approximate surface area is 356 Å². The van der Waals surface area contributed by atoms with Gasteiger partial charge in [0.25, 0.3) is 0 Å². The highest BCUT2D eigenvalue weighted by atomic mass is 35.5. The Hall–Kier alpha value is -4.32. The van der Waals surface area contributed by atoms with E-state index in [1.165, 1.54) is 16.2 Å². The zero-order valence-corrected chi connectivity index (χ0v) is 37.3. The number of piperazine rings is 1. The second kappa shape index (κ2) is 18.5. The number of carbonyl (C=O) groups is 5. The van der Waals surface area contributed by atoms with Crippen LogP contribution in [0.2, 0.25) is 5.02 Å². The third-order valence-corrected chi connectivity index (χ3v) is 11.7. The Bertz CT molecular complexity index is 1790. The molecule has 324 valence electrons. The van der Waals surface area contributed by atoms with Crippen molar-refractivity contribution in [1.82, 2.24) is 25.3 Å². The number of amides is 5. The predicted octanol–water partition coefficient (Wildman–Crippen LogP) is 8.07. The standard InChI is InChI=1S/C46H66ClN5O7/c1-43(2,3)49-40(55)46(33-18-14-11-15-19-33)24-26-50(27-25-46)39(54)35(28-31-20-22-34(47)23-21-31)48-38(53)37-30-51(41(56)58-44(4,5)6)36(32-16-12-10-13-17-32)29-52(37)42(57)59-45(7,8)9/h10,12-13,16-17,20-23,33,35-37H,11,14-15,18-19,24-30H2,1-9H3,(H,48,53)(H,49,55). The minimum absolute atomic E-state index is 0.0536. The van der Waals surface area contributed by atoms with E-state index in [0.717, 1.165) is 36.8 Å². The molecule has 3 aliphatic rings. The first-order valence-electron chi connectivity index (χ1n) is 21.3. The molecule has 2 aliphatic heterocycles. The zero-order valence-electron chi connectivity index (χ0n) is 36.6. The molecule has 2 saturated heterocycles. The van der Waals surface area contributed by atoms with Crippen LogP contribution >= 0.6 is 11.6 Å². The van der Waals surface area contributed by atoms with Crippen LogP contribution in [0.5, 0.6) is 0 Å². The molecule has 3 atom stereocenters. The van der Waals surface area contributed by atoms with Gasteiger partial charge in [0, 0.05) is 36.6 Å². The van der Waals surface area contributed by atoms with Crippen LogP contribution in [0.1, 0.15) is 124 Å². The second-order valence-corrected chi connectivity index (χ2v) is 20.1. The number of nitrogens with zero attached hydrogens (tertiary/aromatic N) is 3. The van der Waals surface area contributed by atoms with Crippen molar-refractivity contribution in [2.75, 3.05) is 26.2 Å². The van der Waals surface area contributed by atoms with Crippen molar-refractivity contribution >= 4 is 41.5 Å². The maximum absolute atomic E-state index is 14.8. The van der Waals surface area contributed by atoms with Crippen LogP contribution in [-0.2, 0) is 30.3 Å². The van der Waals surface area contributed by atoms with Crippen LogP contribution in [0.4, 0.5) is 9.59 Å². The molecule has 2 N–H and O–H groups in total. The van der Waals surface area contributed by atoms with Gasteiger partial charge in [-0.05, 0) is 117 Å². The number of nitrogens with one attached hydrogen (secondary N) is 2. The van der Waals surface area contributed by atoms with Crippen LogP contribution in [0, 0.1) is 11.3 Å². The number of rotatable bonds is 8. The predicted molar refractivity (Wildman–Crippen MR) is 229 cm³/mol. The van der Waals surface area contributed by atoms with Gasteiger partial charge in [0.2, 0.25) is 17.7 Å². The van der Waals surface area contributed by atoms with Crippen LogP contribution < -0.4 is 10.6 Å². The maximum Gasteiger partial charge on any atom is 0.411 e. The Morgan fingerprint density at radius 3 is 1.86 bits per heavy atom. The Kier molecular flexibility index (Phi) is 14.4. The summed E-state index contributed by atoms with van der Waals surface area (Å²) in [4.78, 5) is 76.1. The molecule has 2 heterocycles. The average Bonchev–Trinajstić information content (AvgIpc) is 3.16. The number of piperidine rings is 1. The van der Waals surface area contributed by atoms with E-state index in [1.54, 1.807) is 58.6 Å². The summed E-state index contributed by atoms with van der Waals surface area (Å²) in [5, 5.41) is 6.83. The second-order valence-electron chi connectivity index (χ2n) is 19.6. The highest BCUT2D eigenvalue weighted by Crippen LogP contribution is 2.46. The fraction of sp³-hybridized carbons (Fsp3) is 0.630. The fourth-order valence-electron chi connectivity index (χ4n) is 8.67. The Balaban J connectivity index is 1.46. The Morgan fingerprint density at radius 1 is 0.763 bits per heavy atom. The molecule has 1 aliphatic carbocycles. The quantitative estimate of drug-likeness (QED) is 0.275. The van der Waals surface area contributed by atoms with Gasteiger partial charge in [0.15, 0.2) is 0 Å². The van der Waals surface area contributed by atoms with E-state index in [0.29, 0.717) is 31.0 Å². The third-order valence-electron chi connectivity index (χ3n) is 11.5. The van der Waals surface area contributed by atoms with E-state index in [1.807, 2.05) is 63.2 Å². The summed E-state index contributed by atoms with van der Waals surface area (Å²) in [5.41, 5.74) is -1.15. The number of hydrogen-bond donors (Lipinski definition) is 2. The molecule has 1 saturated carbocycles. The SMILES string of the molecule is CC(C)(C)NC(=O)C1(C2CCCCC2)CCN(C(=O)C(Cc2ccc(Cl)cc2)NC(=O)C2CN(C(=O)OC(C)(C)C)C(c3ccccc3)CN2C(=O)OC(C)(C)C)CC1. The van der Waals surface area contributed by atoms with Gasteiger partial charge in [-0.2, -0.15) is 0 Å². The van der Waals surface area contributed by atoms with Gasteiger partial charge in [0.1, 0.15) is 23.3 Å². The number of likely N-dealkylation sites (tertiary alicyclic amines) is 1. The highest BCUT2D eigenvalue weighted by molar-refractivity contribution is 6.30. The first kappa shape index (κ1) is 45.8. The molecule has 12 nitrogen and oxygen atoms in total. The molecular weight excluding hydrogens is 770 g/mol. The van der Waals surface area contributed by atoms with Crippen molar-refractivity contribution in [2.24, 2.45) is 11.3 Å². The topological polar surface area (TPSA) is 138 Å². The lowest BCUT2D eigenvalue weighted by atomic mass is 9.63. The summed E-state index contributed by atoms with van der Waals surface area (Å²) >= 11 is 6.23. The first-order chi connectivity index (χ1) is 27.5. The summed E-state index contributed by atoms with van der Waals surface area (Å²) in [5.74, 6) is -0.606. The molecule has 0 spiro atoms. The van der Waals surface area contributed by atoms with Gasteiger partial charge in [0.05, 0.1) is 18.0 Å². The van der Waals surface area contributed by atoms with Crippen molar-refractivity contribution < 1.29 is 33.4 Å². The molecule has 0 radical (unpaired) electrons. The molecule has 5 amide bonds. The number of ether oxygens (including phenoxy) is 2. The van der Waals surface area contributed by atoms with Crippen LogP contribution in [-0.4, -0.2) is 99.6 Å². The normalized spacial score (nSPS) is 20.9. The molecule has 13 heteroatoms. The molecule has 2 aromatic carbocycles. The lowest BCUT2D eigenvalue weighted by Crippen LogP contribution is -2.65. The molecular formula is C46H66ClN5O7. The van der Waals surface area contributed by atoms with Crippen molar-refractivity contribution in [1.29, 1.82) is 0 Å². The summed E-state index contributed by atoms with van der Waals surface area (Å²) < 4.78 is 11.7. The van der Waals surface area contributed by atoms with Crippen LogP contribution in [0.15, 0.2) is 54.6 Å². The lowest BCUT2D eigenvalue weighted by Gasteiger charge is -2.48. The largest absolute Gasteiger partial charge is 0.444 e. The van der Waals surface area contributed by atoms with E-state index in [9.17, 15) is 24.0 Å². The number of halogens is 1. The molecule has 0 bridgehead atoms. The Morgan fingerprint density at radius 2 is 1.32 bits per heavy atom. The van der Waals surface area contributed by atoms with E-state index in [-0.39, 0.29) is 37.2 Å². The van der Waals surface area contributed by atoms with Crippen molar-refractivity contribution in [3.05, 3.63) is 70.7 Å². The summed E-state index contributed by atoms with van der Waals surface area (Å²) in [6.45, 7) is 17.0. The minimum atomic E-state index is -1.22. The molecule has 0 aromatic heterocycles. The summed E-state index contributed by atoms with van der Waals surface area (Å²) in [7, 11) is 0. The van der Waals surface area contributed by atoms with Crippen LogP contribution in [0.25, 0.3) is 0 Å². The van der Waals surface area contributed by atoms with E-state index in [2.05, 4.69) is 10.6 Å². The summed E-state index contributed by atoms with van der Waals surface area (Å²) in [6, 6.07) is 13.5. The number of benzene rings is 2. The van der Waals surface area contributed by atoms with E-state index >= 15 is 0 Å². The van der Waals surface area contributed by atoms with Gasteiger partial charge in [-0.25, -0.2) is 9.59 Å². The van der Waals surface area contributed by atoms with Crippen molar-refractivity contribution in [3.63, 3.8) is 0 Å². The number of carbonyl (C=O) groups excluding carboxylic acids is 5. The molecule has 59 heavy (non-hydrogen) atoms. The van der Waals surface area contributed by atoms with Gasteiger partial charge in [-0.15, -0.1) is 0 Å². The minimum Gasteiger partial charge on any atom is -0.444 e. The monoisotopic (exact) mass is 835 g/mol. The van der Waals surface area contributed by atoms with Crippen LogP contribution in [0.3, 0.4) is 0 Å². The fourth-order valence-corrected chi connectivity index (χ4v) is 8.79. The van der Waals surface area contributed by atoms with Gasteiger partial charge < -0.3 is 25.0 Å². The molecule has 3 fully saturated rings. The smallest absolute Gasteiger partial charge is 0.411 e. The molecule has 3 unspecified atom stereocenters. The number of hydrogen-bond acceptors (Lipinski definition) is 7. The zero-order chi connectivity index (χ0) is 43.3.